The van der Waals surface area contributed by atoms with Crippen LogP contribution in [0.15, 0.2) is 18.2 Å². The summed E-state index contributed by atoms with van der Waals surface area (Å²) in [6.07, 6.45) is 1.52. The molecule has 1 aromatic heterocycles. The summed E-state index contributed by atoms with van der Waals surface area (Å²) in [7, 11) is 0. The van der Waals surface area contributed by atoms with Gasteiger partial charge in [0.05, 0.1) is 0 Å². The fourth-order valence-corrected chi connectivity index (χ4v) is 2.86. The second kappa shape index (κ2) is 4.22. The largest absolute Gasteiger partial charge is 0.477 e. The fourth-order valence-electron chi connectivity index (χ4n) is 1.79. The maximum atomic E-state index is 13.1. The van der Waals surface area contributed by atoms with Crippen molar-refractivity contribution < 1.29 is 14.3 Å². The van der Waals surface area contributed by atoms with Crippen LogP contribution < -0.4 is 0 Å². The molecule has 0 saturated heterocycles. The van der Waals surface area contributed by atoms with Gasteiger partial charge in [0.2, 0.25) is 0 Å². The Balaban J connectivity index is 2.71. The topological polar surface area (TPSA) is 37.3 Å². The molecule has 0 saturated carbocycles. The van der Waals surface area contributed by atoms with Crippen molar-refractivity contribution >= 4 is 27.4 Å². The van der Waals surface area contributed by atoms with Gasteiger partial charge in [-0.05, 0) is 35.6 Å². The average molecular weight is 238 g/mol. The smallest absolute Gasteiger partial charge is 0.346 e. The Morgan fingerprint density at radius 3 is 2.88 bits per heavy atom. The zero-order valence-corrected chi connectivity index (χ0v) is 9.60. The van der Waals surface area contributed by atoms with Crippen molar-refractivity contribution in [3.8, 4) is 0 Å². The number of aryl methyl sites for hydroxylation is 1. The van der Waals surface area contributed by atoms with Gasteiger partial charge in [0, 0.05) is 4.70 Å². The molecule has 0 spiro atoms. The molecule has 0 radical (unpaired) electrons. The molecule has 0 amide bonds. The Morgan fingerprint density at radius 1 is 1.50 bits per heavy atom. The average Bonchev–Trinajstić information content (AvgIpc) is 2.58. The van der Waals surface area contributed by atoms with Crippen LogP contribution in [-0.4, -0.2) is 11.1 Å². The van der Waals surface area contributed by atoms with E-state index in [1.165, 1.54) is 23.5 Å². The summed E-state index contributed by atoms with van der Waals surface area (Å²) >= 11 is 1.21. The molecule has 0 unspecified atom stereocenters. The van der Waals surface area contributed by atoms with Crippen molar-refractivity contribution in [3.05, 3.63) is 34.5 Å². The molecule has 0 aliphatic carbocycles. The van der Waals surface area contributed by atoms with E-state index in [-0.39, 0.29) is 5.82 Å². The first-order valence-corrected chi connectivity index (χ1v) is 5.89. The normalized spacial score (nSPS) is 10.9. The van der Waals surface area contributed by atoms with Gasteiger partial charge in [0.25, 0.3) is 0 Å². The third-order valence-corrected chi connectivity index (χ3v) is 3.65. The summed E-state index contributed by atoms with van der Waals surface area (Å²) in [5.41, 5.74) is 0.759. The van der Waals surface area contributed by atoms with E-state index in [9.17, 15) is 9.18 Å². The van der Waals surface area contributed by atoms with Crippen molar-refractivity contribution in [2.45, 2.75) is 19.8 Å². The summed E-state index contributed by atoms with van der Waals surface area (Å²) in [5.74, 6) is -1.25. The van der Waals surface area contributed by atoms with Gasteiger partial charge in [-0.1, -0.05) is 13.3 Å². The maximum Gasteiger partial charge on any atom is 0.346 e. The van der Waals surface area contributed by atoms with Crippen LogP contribution in [0.4, 0.5) is 4.39 Å². The van der Waals surface area contributed by atoms with E-state index in [0.717, 1.165) is 22.1 Å². The second-order valence-corrected chi connectivity index (χ2v) is 4.66. The zero-order valence-electron chi connectivity index (χ0n) is 8.79. The highest BCUT2D eigenvalue weighted by molar-refractivity contribution is 7.21. The fraction of sp³-hybridized carbons (Fsp3) is 0.250. The Hall–Kier alpha value is -1.42. The monoisotopic (exact) mass is 238 g/mol. The van der Waals surface area contributed by atoms with E-state index >= 15 is 0 Å². The number of hydrogen-bond acceptors (Lipinski definition) is 2. The minimum absolute atomic E-state index is 0.320. The first-order chi connectivity index (χ1) is 7.63. The molecule has 0 aliphatic rings. The molecular formula is C12H11FO2S. The predicted molar refractivity (Wildman–Crippen MR) is 62.7 cm³/mol. The molecule has 4 heteroatoms. The molecule has 0 atom stereocenters. The number of carboxylic acids is 1. The molecule has 0 bridgehead atoms. The lowest BCUT2D eigenvalue weighted by Gasteiger charge is -1.98. The van der Waals surface area contributed by atoms with Crippen LogP contribution >= 0.6 is 11.3 Å². The zero-order chi connectivity index (χ0) is 11.7. The number of carbonyl (C=O) groups is 1. The Bertz CT molecular complexity index is 545. The van der Waals surface area contributed by atoms with Gasteiger partial charge in [-0.2, -0.15) is 0 Å². The number of thiophene rings is 1. The molecule has 16 heavy (non-hydrogen) atoms. The molecule has 84 valence electrons. The third kappa shape index (κ3) is 1.80. The summed E-state index contributed by atoms with van der Waals surface area (Å²) < 4.78 is 14.0. The molecule has 1 aromatic carbocycles. The lowest BCUT2D eigenvalue weighted by molar-refractivity contribution is 0.0701. The quantitative estimate of drug-likeness (QED) is 0.885. The predicted octanol–water partition coefficient (Wildman–Crippen LogP) is 3.69. The first-order valence-electron chi connectivity index (χ1n) is 5.07. The van der Waals surface area contributed by atoms with Crippen LogP contribution in [0.1, 0.15) is 28.6 Å². The van der Waals surface area contributed by atoms with E-state index in [4.69, 9.17) is 5.11 Å². The maximum absolute atomic E-state index is 13.1. The van der Waals surface area contributed by atoms with Crippen molar-refractivity contribution in [3.63, 3.8) is 0 Å². The van der Waals surface area contributed by atoms with Crippen LogP contribution in [0.5, 0.6) is 0 Å². The van der Waals surface area contributed by atoms with Gasteiger partial charge in [-0.25, -0.2) is 9.18 Å². The number of fused-ring (bicyclic) bond motifs is 1. The number of halogens is 1. The van der Waals surface area contributed by atoms with E-state index < -0.39 is 5.97 Å². The van der Waals surface area contributed by atoms with Gasteiger partial charge in [-0.3, -0.25) is 0 Å². The van der Waals surface area contributed by atoms with Gasteiger partial charge in [0.1, 0.15) is 10.7 Å². The van der Waals surface area contributed by atoms with Crippen LogP contribution in [0.2, 0.25) is 0 Å². The number of rotatable bonds is 3. The minimum atomic E-state index is -0.926. The molecule has 1 heterocycles. The van der Waals surface area contributed by atoms with Crippen molar-refractivity contribution in [2.24, 2.45) is 0 Å². The van der Waals surface area contributed by atoms with Crippen molar-refractivity contribution in [2.75, 3.05) is 0 Å². The number of aromatic carboxylic acids is 1. The lowest BCUT2D eigenvalue weighted by atomic mass is 10.1. The molecular weight excluding hydrogens is 227 g/mol. The van der Waals surface area contributed by atoms with Gasteiger partial charge >= 0.3 is 5.97 Å². The second-order valence-electron chi connectivity index (χ2n) is 3.61. The van der Waals surface area contributed by atoms with Crippen molar-refractivity contribution in [1.82, 2.24) is 0 Å². The Kier molecular flexibility index (Phi) is 2.92. The van der Waals surface area contributed by atoms with Crippen LogP contribution in [0.25, 0.3) is 10.1 Å². The van der Waals surface area contributed by atoms with Gasteiger partial charge < -0.3 is 5.11 Å². The Morgan fingerprint density at radius 2 is 2.25 bits per heavy atom. The van der Waals surface area contributed by atoms with Crippen molar-refractivity contribution in [1.29, 1.82) is 0 Å². The summed E-state index contributed by atoms with van der Waals surface area (Å²) in [6.45, 7) is 1.98. The Labute approximate surface area is 96.3 Å². The summed E-state index contributed by atoms with van der Waals surface area (Å²) in [6, 6.07) is 4.42. The summed E-state index contributed by atoms with van der Waals surface area (Å²) in [4.78, 5) is 11.4. The van der Waals surface area contributed by atoms with Crippen LogP contribution in [0.3, 0.4) is 0 Å². The molecule has 1 N–H and O–H groups in total. The number of benzene rings is 1. The standard InChI is InChI=1S/C12H11FO2S/c1-2-3-8-9-6-7(13)4-5-10(9)16-11(8)12(14)15/h4-6H,2-3H2,1H3,(H,14,15). The van der Waals surface area contributed by atoms with E-state index in [2.05, 4.69) is 0 Å². The highest BCUT2D eigenvalue weighted by atomic mass is 32.1. The number of carboxylic acid groups (broad SMARTS) is 1. The molecule has 0 aliphatic heterocycles. The number of hydrogen-bond donors (Lipinski definition) is 1. The lowest BCUT2D eigenvalue weighted by Crippen LogP contribution is -1.97. The highest BCUT2D eigenvalue weighted by Crippen LogP contribution is 2.32. The summed E-state index contributed by atoms with van der Waals surface area (Å²) in [5, 5.41) is 9.82. The first kappa shape index (κ1) is 11.1. The van der Waals surface area contributed by atoms with E-state index in [0.29, 0.717) is 11.3 Å². The molecule has 0 fully saturated rings. The third-order valence-electron chi connectivity index (χ3n) is 2.45. The van der Waals surface area contributed by atoms with Gasteiger partial charge in [-0.15, -0.1) is 11.3 Å². The molecule has 2 rings (SSSR count). The van der Waals surface area contributed by atoms with Crippen LogP contribution in [0, 0.1) is 5.82 Å². The van der Waals surface area contributed by atoms with Gasteiger partial charge in [0.15, 0.2) is 0 Å². The molecule has 2 aromatic rings. The minimum Gasteiger partial charge on any atom is -0.477 e. The SMILES string of the molecule is CCCc1c(C(=O)O)sc2ccc(F)cc12. The van der Waals surface area contributed by atoms with E-state index in [1.54, 1.807) is 6.07 Å². The highest BCUT2D eigenvalue weighted by Gasteiger charge is 2.17. The molecule has 2 nitrogen and oxygen atoms in total. The van der Waals surface area contributed by atoms with E-state index in [1.807, 2.05) is 6.92 Å². The van der Waals surface area contributed by atoms with Crippen LogP contribution in [-0.2, 0) is 6.42 Å².